The van der Waals surface area contributed by atoms with Crippen molar-refractivity contribution in [1.29, 1.82) is 0 Å². The topological polar surface area (TPSA) is 62.2 Å². The van der Waals surface area contributed by atoms with Crippen molar-refractivity contribution in [3.8, 4) is 0 Å². The zero-order valence-corrected chi connectivity index (χ0v) is 12.3. The maximum absolute atomic E-state index is 12.3. The Morgan fingerprint density at radius 3 is 2.00 bits per heavy atom. The molecule has 0 amide bonds. The third kappa shape index (κ3) is 5.34. The van der Waals surface area contributed by atoms with Gasteiger partial charge in [-0.2, -0.15) is 0 Å². The van der Waals surface area contributed by atoms with E-state index >= 15 is 0 Å². The summed E-state index contributed by atoms with van der Waals surface area (Å²) in [6, 6.07) is 0. The Hall–Kier alpha value is 0.0300. The summed E-state index contributed by atoms with van der Waals surface area (Å²) in [6.45, 7) is 8.81. The summed E-state index contributed by atoms with van der Waals surface area (Å²) in [5.41, 5.74) is 0. The molecule has 1 aliphatic heterocycles. The van der Waals surface area contributed by atoms with Gasteiger partial charge in [0.2, 0.25) is 0 Å². The Bertz CT molecular complexity index is 260. The average molecular weight is 280 g/mol. The lowest BCUT2D eigenvalue weighted by Crippen LogP contribution is -2.47. The van der Waals surface area contributed by atoms with E-state index in [9.17, 15) is 4.57 Å². The molecule has 1 saturated heterocycles. The standard InChI is InChI=1S/C11H25N2O4P/c1-3-16-18(15,17-4-2)11-13-7-5-12(6-8-13)9-10-14/h14H,3-11H2,1-2H3. The molecule has 6 nitrogen and oxygen atoms in total. The van der Waals surface area contributed by atoms with Gasteiger partial charge >= 0.3 is 7.60 Å². The maximum Gasteiger partial charge on any atom is 0.344 e. The van der Waals surface area contributed by atoms with Crippen molar-refractivity contribution < 1.29 is 18.7 Å². The van der Waals surface area contributed by atoms with Crippen LogP contribution in [-0.4, -0.2) is 73.7 Å². The van der Waals surface area contributed by atoms with Crippen LogP contribution < -0.4 is 0 Å². The van der Waals surface area contributed by atoms with Gasteiger partial charge in [-0.25, -0.2) is 0 Å². The normalized spacial score (nSPS) is 19.3. The fourth-order valence-electron chi connectivity index (χ4n) is 2.05. The number of aliphatic hydroxyl groups excluding tert-OH is 1. The van der Waals surface area contributed by atoms with Crippen molar-refractivity contribution in [2.75, 3.05) is 58.8 Å². The van der Waals surface area contributed by atoms with E-state index in [2.05, 4.69) is 9.80 Å². The predicted molar refractivity (Wildman–Crippen MR) is 70.8 cm³/mol. The molecule has 0 aliphatic carbocycles. The van der Waals surface area contributed by atoms with E-state index in [4.69, 9.17) is 14.2 Å². The first kappa shape index (κ1) is 16.1. The first-order valence-electron chi connectivity index (χ1n) is 6.57. The number of piperazine rings is 1. The smallest absolute Gasteiger partial charge is 0.344 e. The van der Waals surface area contributed by atoms with Crippen LogP contribution >= 0.6 is 7.60 Å². The summed E-state index contributed by atoms with van der Waals surface area (Å²) in [5, 5.41) is 8.87. The van der Waals surface area contributed by atoms with Crippen molar-refractivity contribution in [3.05, 3.63) is 0 Å². The Labute approximate surface area is 109 Å². The number of aliphatic hydroxyl groups is 1. The molecule has 18 heavy (non-hydrogen) atoms. The van der Waals surface area contributed by atoms with Crippen LogP contribution in [0.1, 0.15) is 13.8 Å². The molecular formula is C11H25N2O4P. The first-order valence-corrected chi connectivity index (χ1v) is 8.30. The van der Waals surface area contributed by atoms with E-state index in [-0.39, 0.29) is 6.61 Å². The lowest BCUT2D eigenvalue weighted by atomic mass is 10.3. The molecule has 7 heteroatoms. The summed E-state index contributed by atoms with van der Waals surface area (Å²) < 4.78 is 22.9. The van der Waals surface area contributed by atoms with Crippen LogP contribution in [0.15, 0.2) is 0 Å². The van der Waals surface area contributed by atoms with E-state index in [1.54, 1.807) is 0 Å². The Balaban J connectivity index is 2.40. The second-order valence-electron chi connectivity index (χ2n) is 4.27. The molecule has 1 rings (SSSR count). The van der Waals surface area contributed by atoms with Crippen LogP contribution in [0.3, 0.4) is 0 Å². The molecule has 1 N–H and O–H groups in total. The van der Waals surface area contributed by atoms with Gasteiger partial charge in [0, 0.05) is 32.7 Å². The van der Waals surface area contributed by atoms with Crippen molar-refractivity contribution in [1.82, 2.24) is 9.80 Å². The highest BCUT2D eigenvalue weighted by atomic mass is 31.2. The minimum Gasteiger partial charge on any atom is -0.395 e. The Morgan fingerprint density at radius 2 is 1.56 bits per heavy atom. The zero-order valence-electron chi connectivity index (χ0n) is 11.4. The second kappa shape index (κ2) is 8.25. The highest BCUT2D eigenvalue weighted by molar-refractivity contribution is 7.53. The van der Waals surface area contributed by atoms with Crippen molar-refractivity contribution in [3.63, 3.8) is 0 Å². The number of rotatable bonds is 8. The summed E-state index contributed by atoms with van der Waals surface area (Å²) >= 11 is 0. The van der Waals surface area contributed by atoms with Crippen LogP contribution in [0.2, 0.25) is 0 Å². The Morgan fingerprint density at radius 1 is 1.06 bits per heavy atom. The number of hydrogen-bond acceptors (Lipinski definition) is 6. The molecule has 0 unspecified atom stereocenters. The number of hydrogen-bond donors (Lipinski definition) is 1. The molecule has 108 valence electrons. The van der Waals surface area contributed by atoms with Crippen molar-refractivity contribution in [2.45, 2.75) is 13.8 Å². The minimum atomic E-state index is -2.96. The van der Waals surface area contributed by atoms with Gasteiger partial charge < -0.3 is 14.2 Å². The zero-order chi connectivity index (χ0) is 13.4. The molecule has 0 spiro atoms. The maximum atomic E-state index is 12.3. The van der Waals surface area contributed by atoms with Crippen LogP contribution in [0.5, 0.6) is 0 Å². The molecule has 0 saturated carbocycles. The van der Waals surface area contributed by atoms with Crippen molar-refractivity contribution in [2.24, 2.45) is 0 Å². The lowest BCUT2D eigenvalue weighted by molar-refractivity contribution is 0.114. The van der Waals surface area contributed by atoms with Crippen LogP contribution in [-0.2, 0) is 13.6 Å². The molecule has 0 atom stereocenters. The first-order chi connectivity index (χ1) is 8.63. The van der Waals surface area contributed by atoms with E-state index in [0.717, 1.165) is 26.2 Å². The molecular weight excluding hydrogens is 255 g/mol. The van der Waals surface area contributed by atoms with Gasteiger partial charge in [0.15, 0.2) is 0 Å². The van der Waals surface area contributed by atoms with Gasteiger partial charge in [-0.15, -0.1) is 0 Å². The van der Waals surface area contributed by atoms with Crippen LogP contribution in [0, 0.1) is 0 Å². The van der Waals surface area contributed by atoms with Crippen molar-refractivity contribution >= 4 is 7.60 Å². The molecule has 1 aliphatic rings. The van der Waals surface area contributed by atoms with Crippen LogP contribution in [0.4, 0.5) is 0 Å². The second-order valence-corrected chi connectivity index (χ2v) is 6.29. The summed E-state index contributed by atoms with van der Waals surface area (Å²) in [7, 11) is -2.96. The van der Waals surface area contributed by atoms with E-state index in [1.165, 1.54) is 0 Å². The summed E-state index contributed by atoms with van der Waals surface area (Å²) in [6.07, 6.45) is 0.363. The van der Waals surface area contributed by atoms with E-state index < -0.39 is 7.60 Å². The monoisotopic (exact) mass is 280 g/mol. The fraction of sp³-hybridized carbons (Fsp3) is 1.00. The molecule has 0 bridgehead atoms. The molecule has 1 heterocycles. The SMILES string of the molecule is CCOP(=O)(CN1CCN(CCO)CC1)OCC. The third-order valence-electron chi connectivity index (χ3n) is 2.91. The van der Waals surface area contributed by atoms with E-state index in [1.807, 2.05) is 13.8 Å². The van der Waals surface area contributed by atoms with Gasteiger partial charge in [0.05, 0.1) is 19.8 Å². The van der Waals surface area contributed by atoms with E-state index in [0.29, 0.717) is 26.0 Å². The predicted octanol–water partition coefficient (Wildman–Crippen LogP) is 0.820. The summed E-state index contributed by atoms with van der Waals surface area (Å²) in [4.78, 5) is 4.31. The Kier molecular flexibility index (Phi) is 7.37. The number of nitrogens with zero attached hydrogens (tertiary/aromatic N) is 2. The minimum absolute atomic E-state index is 0.191. The van der Waals surface area contributed by atoms with Gasteiger partial charge in [-0.1, -0.05) is 0 Å². The lowest BCUT2D eigenvalue weighted by Gasteiger charge is -2.35. The summed E-state index contributed by atoms with van der Waals surface area (Å²) in [5.74, 6) is 0. The van der Waals surface area contributed by atoms with Gasteiger partial charge in [-0.05, 0) is 13.8 Å². The molecule has 0 aromatic rings. The fourth-order valence-corrected chi connectivity index (χ4v) is 3.85. The highest BCUT2D eigenvalue weighted by Gasteiger charge is 2.28. The molecule has 0 radical (unpaired) electrons. The molecule has 1 fully saturated rings. The van der Waals surface area contributed by atoms with Gasteiger partial charge in [0.1, 0.15) is 6.29 Å². The average Bonchev–Trinajstić information content (AvgIpc) is 2.32. The molecule has 0 aromatic carbocycles. The van der Waals surface area contributed by atoms with Gasteiger partial charge in [0.25, 0.3) is 0 Å². The number of β-amino-alcohol motifs (C(OH)–C–C–N with tert-alkyl or cyclic N) is 1. The molecule has 0 aromatic heterocycles. The largest absolute Gasteiger partial charge is 0.395 e. The van der Waals surface area contributed by atoms with Gasteiger partial charge in [-0.3, -0.25) is 14.4 Å². The quantitative estimate of drug-likeness (QED) is 0.664. The third-order valence-corrected chi connectivity index (χ3v) is 4.96. The van der Waals surface area contributed by atoms with Crippen LogP contribution in [0.25, 0.3) is 0 Å². The highest BCUT2D eigenvalue weighted by Crippen LogP contribution is 2.48.